The van der Waals surface area contributed by atoms with E-state index in [2.05, 4.69) is 15.1 Å². The molecule has 0 spiro atoms. The number of hydrogen-bond donors (Lipinski definition) is 1. The number of nitrogens with zero attached hydrogens (tertiary/aromatic N) is 5. The van der Waals surface area contributed by atoms with Crippen molar-refractivity contribution in [2.45, 2.75) is 24.8 Å². The minimum Gasteiger partial charge on any atom is -0.323 e. The predicted molar refractivity (Wildman–Crippen MR) is 82.1 cm³/mol. The Hall–Kier alpha value is -2.38. The molecule has 23 heavy (non-hydrogen) atoms. The average Bonchev–Trinajstić information content (AvgIpc) is 3.11. The summed E-state index contributed by atoms with van der Waals surface area (Å²) in [6, 6.07) is 0.616. The second-order valence-electron chi connectivity index (χ2n) is 6.98. The first-order valence-electron chi connectivity index (χ1n) is 8.07. The normalized spacial score (nSPS) is 26.5. The molecule has 6 rings (SSSR count). The second-order valence-corrected chi connectivity index (χ2v) is 6.98. The summed E-state index contributed by atoms with van der Waals surface area (Å²) in [5.41, 5.74) is 0.428. The van der Waals surface area contributed by atoms with Gasteiger partial charge in [0.2, 0.25) is 0 Å². The van der Waals surface area contributed by atoms with Crippen LogP contribution >= 0.6 is 0 Å². The van der Waals surface area contributed by atoms with E-state index in [9.17, 15) is 9.59 Å². The van der Waals surface area contributed by atoms with Gasteiger partial charge in [-0.3, -0.25) is 9.48 Å². The number of aromatic amines is 1. The summed E-state index contributed by atoms with van der Waals surface area (Å²) in [7, 11) is 1.77. The Labute approximate surface area is 132 Å². The topological polar surface area (TPSA) is 87.1 Å². The summed E-state index contributed by atoms with van der Waals surface area (Å²) in [5.74, 6) is 1.48. The van der Waals surface area contributed by atoms with Crippen molar-refractivity contribution in [2.24, 2.45) is 13.0 Å². The molecule has 0 aromatic carbocycles. The first kappa shape index (κ1) is 13.1. The van der Waals surface area contributed by atoms with Gasteiger partial charge >= 0.3 is 6.03 Å². The van der Waals surface area contributed by atoms with Crippen LogP contribution in [0.3, 0.4) is 0 Å². The molecule has 2 amide bonds. The van der Waals surface area contributed by atoms with E-state index in [-0.39, 0.29) is 17.5 Å². The number of aromatic nitrogens is 4. The van der Waals surface area contributed by atoms with Crippen LogP contribution in [0.1, 0.15) is 24.6 Å². The monoisotopic (exact) mass is 314 g/mol. The molecule has 0 unspecified atom stereocenters. The lowest BCUT2D eigenvalue weighted by molar-refractivity contribution is 0.111. The van der Waals surface area contributed by atoms with Gasteiger partial charge in [-0.2, -0.15) is 5.10 Å². The second kappa shape index (κ2) is 4.33. The summed E-state index contributed by atoms with van der Waals surface area (Å²) >= 11 is 0. The highest BCUT2D eigenvalue weighted by Gasteiger charge is 2.48. The number of carbonyl (C=O) groups is 1. The molecular weight excluding hydrogens is 296 g/mol. The van der Waals surface area contributed by atoms with Gasteiger partial charge in [0.15, 0.2) is 5.65 Å². The van der Waals surface area contributed by atoms with Gasteiger partial charge in [-0.05, 0) is 18.8 Å². The van der Waals surface area contributed by atoms with Gasteiger partial charge in [0.1, 0.15) is 11.2 Å². The number of amides is 2. The summed E-state index contributed by atoms with van der Waals surface area (Å²) in [6.45, 7) is 2.17. The van der Waals surface area contributed by atoms with Crippen LogP contribution in [0, 0.1) is 5.92 Å². The van der Waals surface area contributed by atoms with Crippen molar-refractivity contribution >= 4 is 17.1 Å². The summed E-state index contributed by atoms with van der Waals surface area (Å²) < 4.78 is 1.60. The molecule has 4 aliphatic rings. The lowest BCUT2D eigenvalue weighted by Crippen LogP contribution is -2.54. The number of hydrogen-bond acceptors (Lipinski definition) is 4. The van der Waals surface area contributed by atoms with E-state index in [4.69, 9.17) is 0 Å². The third-order valence-corrected chi connectivity index (χ3v) is 5.51. The van der Waals surface area contributed by atoms with E-state index >= 15 is 0 Å². The molecule has 1 aliphatic carbocycles. The highest BCUT2D eigenvalue weighted by atomic mass is 16.2. The molecule has 3 aliphatic heterocycles. The number of urea groups is 1. The standard InChI is InChI=1S/C15H18N6O2/c1-19-13-11(4-16-19)14(22)18-12(17-13)9-6-20(7-9)15(23)21-5-8-2-10(21)3-8/h4,8-10H,2-3,5-7H2,1H3,(H,17,18,22). The van der Waals surface area contributed by atoms with Gasteiger partial charge in [-0.25, -0.2) is 9.78 Å². The number of rotatable bonds is 1. The summed E-state index contributed by atoms with van der Waals surface area (Å²) in [5, 5.41) is 4.57. The zero-order chi connectivity index (χ0) is 15.7. The zero-order valence-corrected chi connectivity index (χ0v) is 12.9. The number of fused-ring (bicyclic) bond motifs is 2. The van der Waals surface area contributed by atoms with E-state index in [1.807, 2.05) is 9.80 Å². The highest BCUT2D eigenvalue weighted by Crippen LogP contribution is 2.41. The van der Waals surface area contributed by atoms with Crippen molar-refractivity contribution in [2.75, 3.05) is 19.6 Å². The first-order valence-corrected chi connectivity index (χ1v) is 8.07. The molecule has 2 aromatic heterocycles. The molecule has 0 atom stereocenters. The van der Waals surface area contributed by atoms with Crippen molar-refractivity contribution in [3.8, 4) is 0 Å². The highest BCUT2D eigenvalue weighted by molar-refractivity contribution is 5.77. The fourth-order valence-corrected chi connectivity index (χ4v) is 4.00. The molecule has 1 N–H and O–H groups in total. The van der Waals surface area contributed by atoms with E-state index < -0.39 is 0 Å². The third kappa shape index (κ3) is 1.77. The summed E-state index contributed by atoms with van der Waals surface area (Å²) in [4.78, 5) is 35.8. The van der Waals surface area contributed by atoms with Crippen molar-refractivity contribution in [3.05, 3.63) is 22.4 Å². The number of carbonyl (C=O) groups excluding carboxylic acids is 1. The maximum absolute atomic E-state index is 12.5. The molecule has 2 aromatic rings. The molecule has 8 heteroatoms. The SMILES string of the molecule is Cn1ncc2c(=O)[nH]c(C3CN(C(=O)N4CC5CC4C5)C3)nc21. The Kier molecular flexibility index (Phi) is 2.47. The van der Waals surface area contributed by atoms with E-state index in [0.717, 1.165) is 12.5 Å². The molecule has 3 saturated heterocycles. The maximum Gasteiger partial charge on any atom is 0.320 e. The van der Waals surface area contributed by atoms with Gasteiger partial charge in [0.25, 0.3) is 5.56 Å². The number of aryl methyl sites for hydroxylation is 1. The fourth-order valence-electron chi connectivity index (χ4n) is 4.00. The Morgan fingerprint density at radius 2 is 2.09 bits per heavy atom. The minimum absolute atomic E-state index is 0.101. The van der Waals surface area contributed by atoms with Gasteiger partial charge in [0, 0.05) is 32.7 Å². The van der Waals surface area contributed by atoms with Gasteiger partial charge in [0.05, 0.1) is 12.1 Å². The van der Waals surface area contributed by atoms with Gasteiger partial charge in [-0.1, -0.05) is 0 Å². The van der Waals surface area contributed by atoms with Gasteiger partial charge < -0.3 is 14.8 Å². The van der Waals surface area contributed by atoms with E-state index in [1.54, 1.807) is 11.7 Å². The zero-order valence-electron chi connectivity index (χ0n) is 12.9. The number of likely N-dealkylation sites (tertiary alicyclic amines) is 1. The summed E-state index contributed by atoms with van der Waals surface area (Å²) in [6.07, 6.45) is 3.88. The molecule has 8 nitrogen and oxygen atoms in total. The Bertz CT molecular complexity index is 858. The smallest absolute Gasteiger partial charge is 0.320 e. The average molecular weight is 314 g/mol. The van der Waals surface area contributed by atoms with Gasteiger partial charge in [-0.15, -0.1) is 0 Å². The van der Waals surface area contributed by atoms with E-state index in [1.165, 1.54) is 19.0 Å². The molecule has 2 bridgehead atoms. The van der Waals surface area contributed by atoms with Crippen LogP contribution in [0.25, 0.3) is 11.0 Å². The minimum atomic E-state index is -0.164. The maximum atomic E-state index is 12.5. The van der Waals surface area contributed by atoms with Crippen LogP contribution in [-0.4, -0.2) is 61.3 Å². The Balaban J connectivity index is 1.34. The molecule has 1 saturated carbocycles. The quantitative estimate of drug-likeness (QED) is 0.818. The van der Waals surface area contributed by atoms with Crippen LogP contribution in [0.2, 0.25) is 0 Å². The lowest BCUT2D eigenvalue weighted by Gasteiger charge is -2.41. The van der Waals surface area contributed by atoms with Crippen LogP contribution in [0.4, 0.5) is 4.79 Å². The van der Waals surface area contributed by atoms with Crippen molar-refractivity contribution in [1.29, 1.82) is 0 Å². The Morgan fingerprint density at radius 1 is 1.30 bits per heavy atom. The molecule has 0 radical (unpaired) electrons. The number of H-pyrrole nitrogens is 1. The Morgan fingerprint density at radius 3 is 2.78 bits per heavy atom. The molecule has 4 fully saturated rings. The molecule has 5 heterocycles. The van der Waals surface area contributed by atoms with E-state index in [0.29, 0.717) is 36.0 Å². The molecular formula is C15H18N6O2. The van der Waals surface area contributed by atoms with Crippen LogP contribution in [-0.2, 0) is 7.05 Å². The first-order chi connectivity index (χ1) is 11.1. The number of nitrogens with one attached hydrogen (secondary N) is 1. The van der Waals surface area contributed by atoms with Crippen molar-refractivity contribution in [1.82, 2.24) is 29.5 Å². The molecule has 120 valence electrons. The van der Waals surface area contributed by atoms with Crippen molar-refractivity contribution < 1.29 is 4.79 Å². The third-order valence-electron chi connectivity index (χ3n) is 5.51. The van der Waals surface area contributed by atoms with Crippen LogP contribution < -0.4 is 5.56 Å². The van der Waals surface area contributed by atoms with Crippen LogP contribution in [0.5, 0.6) is 0 Å². The fraction of sp³-hybridized carbons (Fsp3) is 0.600. The largest absolute Gasteiger partial charge is 0.323 e. The van der Waals surface area contributed by atoms with Crippen molar-refractivity contribution in [3.63, 3.8) is 0 Å². The van der Waals surface area contributed by atoms with Crippen LogP contribution in [0.15, 0.2) is 11.0 Å². The predicted octanol–water partition coefficient (Wildman–Crippen LogP) is 0.270. The lowest BCUT2D eigenvalue weighted by atomic mass is 9.86.